The molecule has 0 aliphatic carbocycles. The van der Waals surface area contributed by atoms with Crippen molar-refractivity contribution in [2.75, 3.05) is 7.05 Å². The summed E-state index contributed by atoms with van der Waals surface area (Å²) in [6.45, 7) is 3.68. The molecule has 0 saturated carbocycles. The fourth-order valence-electron chi connectivity index (χ4n) is 1.40. The fraction of sp³-hybridized carbons (Fsp3) is 0.273. The summed E-state index contributed by atoms with van der Waals surface area (Å²) in [4.78, 5) is 22.7. The number of carbonyl (C=O) groups is 2. The predicted octanol–water partition coefficient (Wildman–Crippen LogP) is 1.37. The Labute approximate surface area is 88.7 Å². The van der Waals surface area contributed by atoms with Crippen molar-refractivity contribution >= 4 is 11.9 Å². The molecule has 80 valence electrons. The van der Waals surface area contributed by atoms with Crippen molar-refractivity contribution in [3.63, 3.8) is 0 Å². The Morgan fingerprint density at radius 3 is 2.13 bits per heavy atom. The number of benzene rings is 1. The standard InChI is InChI=1S/C11H14N2O2/c1-7-5-4-6-8(2)9(7)10(14)13-11(15)12-3/h4-6H,1-3H3,(H2,12,13,14,15). The van der Waals surface area contributed by atoms with Crippen molar-refractivity contribution in [2.45, 2.75) is 13.8 Å². The summed E-state index contributed by atoms with van der Waals surface area (Å²) in [5.74, 6) is -0.370. The van der Waals surface area contributed by atoms with Gasteiger partial charge in [-0.25, -0.2) is 4.79 Å². The second kappa shape index (κ2) is 4.59. The first kappa shape index (κ1) is 11.2. The van der Waals surface area contributed by atoms with E-state index in [0.29, 0.717) is 5.56 Å². The molecule has 0 spiro atoms. The van der Waals surface area contributed by atoms with Gasteiger partial charge < -0.3 is 5.32 Å². The van der Waals surface area contributed by atoms with Crippen molar-refractivity contribution in [3.8, 4) is 0 Å². The van der Waals surface area contributed by atoms with Crippen LogP contribution in [-0.2, 0) is 0 Å². The highest BCUT2D eigenvalue weighted by atomic mass is 16.2. The van der Waals surface area contributed by atoms with E-state index < -0.39 is 6.03 Å². The third-order valence-corrected chi connectivity index (χ3v) is 2.16. The first-order chi connectivity index (χ1) is 7.06. The monoisotopic (exact) mass is 206 g/mol. The third-order valence-electron chi connectivity index (χ3n) is 2.16. The van der Waals surface area contributed by atoms with Crippen molar-refractivity contribution in [3.05, 3.63) is 34.9 Å². The smallest absolute Gasteiger partial charge is 0.321 e. The molecule has 2 N–H and O–H groups in total. The van der Waals surface area contributed by atoms with E-state index in [9.17, 15) is 9.59 Å². The molecule has 0 fully saturated rings. The SMILES string of the molecule is CNC(=O)NC(=O)c1c(C)cccc1C. The average molecular weight is 206 g/mol. The average Bonchev–Trinajstić information content (AvgIpc) is 2.17. The maximum Gasteiger partial charge on any atom is 0.321 e. The van der Waals surface area contributed by atoms with Crippen LogP contribution in [0.3, 0.4) is 0 Å². The predicted molar refractivity (Wildman–Crippen MR) is 57.8 cm³/mol. The van der Waals surface area contributed by atoms with Crippen LogP contribution in [0, 0.1) is 13.8 Å². The highest BCUT2D eigenvalue weighted by Crippen LogP contribution is 2.12. The van der Waals surface area contributed by atoms with Crippen LogP contribution < -0.4 is 10.6 Å². The van der Waals surface area contributed by atoms with Crippen LogP contribution in [0.2, 0.25) is 0 Å². The number of hydrogen-bond donors (Lipinski definition) is 2. The summed E-state index contributed by atoms with van der Waals surface area (Å²) in [6, 6.07) is 5.06. The van der Waals surface area contributed by atoms with Gasteiger partial charge in [0.15, 0.2) is 0 Å². The van der Waals surface area contributed by atoms with Gasteiger partial charge in [-0.15, -0.1) is 0 Å². The Kier molecular flexibility index (Phi) is 3.44. The summed E-state index contributed by atoms with van der Waals surface area (Å²) in [7, 11) is 1.47. The molecule has 0 unspecified atom stereocenters. The number of amides is 3. The van der Waals surface area contributed by atoms with Gasteiger partial charge in [0.05, 0.1) is 0 Å². The molecule has 0 radical (unpaired) electrons. The Hall–Kier alpha value is -1.84. The van der Waals surface area contributed by atoms with E-state index in [1.165, 1.54) is 7.05 Å². The van der Waals surface area contributed by atoms with Gasteiger partial charge in [0.2, 0.25) is 0 Å². The largest absolute Gasteiger partial charge is 0.341 e. The van der Waals surface area contributed by atoms with E-state index in [1.54, 1.807) is 0 Å². The molecule has 1 rings (SSSR count). The zero-order valence-electron chi connectivity index (χ0n) is 9.05. The molecule has 0 saturated heterocycles. The van der Waals surface area contributed by atoms with Gasteiger partial charge in [-0.2, -0.15) is 0 Å². The summed E-state index contributed by atoms with van der Waals surface area (Å²) in [5.41, 5.74) is 2.27. The number of nitrogens with one attached hydrogen (secondary N) is 2. The number of rotatable bonds is 1. The second-order valence-corrected chi connectivity index (χ2v) is 3.30. The van der Waals surface area contributed by atoms with E-state index in [4.69, 9.17) is 0 Å². The van der Waals surface area contributed by atoms with Gasteiger partial charge in [-0.3, -0.25) is 10.1 Å². The number of urea groups is 1. The van der Waals surface area contributed by atoms with Gasteiger partial charge in [0.25, 0.3) is 5.91 Å². The van der Waals surface area contributed by atoms with Crippen molar-refractivity contribution < 1.29 is 9.59 Å². The highest BCUT2D eigenvalue weighted by Gasteiger charge is 2.13. The van der Waals surface area contributed by atoms with E-state index >= 15 is 0 Å². The summed E-state index contributed by atoms with van der Waals surface area (Å²) in [6.07, 6.45) is 0. The normalized spacial score (nSPS) is 9.53. The van der Waals surface area contributed by atoms with E-state index in [1.807, 2.05) is 32.0 Å². The number of imide groups is 1. The Morgan fingerprint density at radius 2 is 1.67 bits per heavy atom. The molecule has 15 heavy (non-hydrogen) atoms. The molecule has 4 nitrogen and oxygen atoms in total. The molecule has 0 atom stereocenters. The van der Waals surface area contributed by atoms with E-state index in [0.717, 1.165) is 11.1 Å². The Balaban J connectivity index is 2.96. The van der Waals surface area contributed by atoms with E-state index in [2.05, 4.69) is 10.6 Å². The highest BCUT2D eigenvalue weighted by molar-refractivity contribution is 6.05. The van der Waals surface area contributed by atoms with Crippen LogP contribution in [0.4, 0.5) is 4.79 Å². The Morgan fingerprint density at radius 1 is 1.13 bits per heavy atom. The minimum atomic E-state index is -0.498. The van der Waals surface area contributed by atoms with Crippen LogP contribution in [-0.4, -0.2) is 19.0 Å². The molecule has 1 aromatic rings. The summed E-state index contributed by atoms with van der Waals surface area (Å²) < 4.78 is 0. The lowest BCUT2D eigenvalue weighted by atomic mass is 10.0. The van der Waals surface area contributed by atoms with Gasteiger partial charge in [0.1, 0.15) is 0 Å². The van der Waals surface area contributed by atoms with Gasteiger partial charge >= 0.3 is 6.03 Å². The molecule has 3 amide bonds. The molecular formula is C11H14N2O2. The molecule has 0 aliphatic heterocycles. The van der Waals surface area contributed by atoms with Gasteiger partial charge in [-0.1, -0.05) is 18.2 Å². The zero-order chi connectivity index (χ0) is 11.4. The van der Waals surface area contributed by atoms with E-state index in [-0.39, 0.29) is 5.91 Å². The third kappa shape index (κ3) is 2.56. The van der Waals surface area contributed by atoms with Crippen molar-refractivity contribution in [2.24, 2.45) is 0 Å². The number of carbonyl (C=O) groups excluding carboxylic acids is 2. The van der Waals surface area contributed by atoms with Crippen molar-refractivity contribution in [1.29, 1.82) is 0 Å². The lowest BCUT2D eigenvalue weighted by Crippen LogP contribution is -2.38. The molecule has 0 heterocycles. The fourth-order valence-corrected chi connectivity index (χ4v) is 1.40. The first-order valence-electron chi connectivity index (χ1n) is 4.65. The van der Waals surface area contributed by atoms with Crippen molar-refractivity contribution in [1.82, 2.24) is 10.6 Å². The lowest BCUT2D eigenvalue weighted by Gasteiger charge is -2.08. The molecule has 1 aromatic carbocycles. The summed E-state index contributed by atoms with van der Waals surface area (Å²) >= 11 is 0. The quantitative estimate of drug-likeness (QED) is 0.729. The molecule has 0 aliphatic rings. The topological polar surface area (TPSA) is 58.2 Å². The summed E-state index contributed by atoms with van der Waals surface area (Å²) in [5, 5.41) is 4.57. The second-order valence-electron chi connectivity index (χ2n) is 3.30. The lowest BCUT2D eigenvalue weighted by molar-refractivity contribution is 0.0963. The minimum Gasteiger partial charge on any atom is -0.341 e. The van der Waals surface area contributed by atoms with Crippen LogP contribution in [0.1, 0.15) is 21.5 Å². The maximum absolute atomic E-state index is 11.7. The first-order valence-corrected chi connectivity index (χ1v) is 4.65. The molecule has 0 bridgehead atoms. The van der Waals surface area contributed by atoms with Crippen LogP contribution >= 0.6 is 0 Å². The number of hydrogen-bond acceptors (Lipinski definition) is 2. The minimum absolute atomic E-state index is 0.370. The molecule has 4 heteroatoms. The molecule has 0 aromatic heterocycles. The Bertz CT molecular complexity index is 379. The number of aryl methyl sites for hydroxylation is 2. The maximum atomic E-state index is 11.7. The van der Waals surface area contributed by atoms with Gasteiger partial charge in [-0.05, 0) is 25.0 Å². The molecular weight excluding hydrogens is 192 g/mol. The van der Waals surface area contributed by atoms with Crippen LogP contribution in [0.15, 0.2) is 18.2 Å². The zero-order valence-corrected chi connectivity index (χ0v) is 9.05. The van der Waals surface area contributed by atoms with Crippen LogP contribution in [0.5, 0.6) is 0 Å². The van der Waals surface area contributed by atoms with Gasteiger partial charge in [0, 0.05) is 12.6 Å². The van der Waals surface area contributed by atoms with Crippen LogP contribution in [0.25, 0.3) is 0 Å².